The highest BCUT2D eigenvalue weighted by atomic mass is 13.7. The quantitative estimate of drug-likeness (QED) is 0.510. The number of rotatable bonds is 0. The molecule has 3 rings (SSSR count). The van der Waals surface area contributed by atoms with Crippen molar-refractivity contribution < 1.29 is 0 Å². The van der Waals surface area contributed by atoms with Gasteiger partial charge in [0.2, 0.25) is 0 Å². The van der Waals surface area contributed by atoms with Gasteiger partial charge in [0.15, 0.2) is 0 Å². The Balaban J connectivity index is 0.000000135. The summed E-state index contributed by atoms with van der Waals surface area (Å²) < 4.78 is 0. The largest absolute Gasteiger partial charge is 0.0623 e. The van der Waals surface area contributed by atoms with Crippen LogP contribution < -0.4 is 0 Å². The summed E-state index contributed by atoms with van der Waals surface area (Å²) in [5.41, 5.74) is 0. The van der Waals surface area contributed by atoms with E-state index < -0.39 is 0 Å². The Morgan fingerprint density at radius 3 is 0.222 bits per heavy atom. The maximum Gasteiger partial charge on any atom is -0.0623 e. The van der Waals surface area contributed by atoms with E-state index in [0.29, 0.717) is 0 Å². The van der Waals surface area contributed by atoms with Gasteiger partial charge in [-0.3, -0.25) is 0 Å². The molecule has 0 atom stereocenters. The second kappa shape index (κ2) is 11.2. The zero-order chi connectivity index (χ0) is 12.7. The zero-order valence-electron chi connectivity index (χ0n) is 10.4. The fraction of sp³-hybridized carbons (Fsp3) is 0. The van der Waals surface area contributed by atoms with E-state index in [4.69, 9.17) is 0 Å². The molecule has 0 unspecified atom stereocenters. The first-order valence-electron chi connectivity index (χ1n) is 6.00. The second-order valence-electron chi connectivity index (χ2n) is 3.46. The van der Waals surface area contributed by atoms with Crippen LogP contribution in [0.4, 0.5) is 0 Å². The van der Waals surface area contributed by atoms with E-state index in [1.165, 1.54) is 0 Å². The van der Waals surface area contributed by atoms with Crippen molar-refractivity contribution in [3.8, 4) is 0 Å². The van der Waals surface area contributed by atoms with Crippen LogP contribution in [0.15, 0.2) is 109 Å². The van der Waals surface area contributed by atoms with Crippen molar-refractivity contribution in [3.05, 3.63) is 109 Å². The third-order valence-electron chi connectivity index (χ3n) is 2.00. The topological polar surface area (TPSA) is 0 Å². The van der Waals surface area contributed by atoms with Crippen molar-refractivity contribution in [2.45, 2.75) is 0 Å². The summed E-state index contributed by atoms with van der Waals surface area (Å²) in [7, 11) is 0. The maximum atomic E-state index is 2.00. The van der Waals surface area contributed by atoms with Crippen LogP contribution in [0, 0.1) is 0 Å². The van der Waals surface area contributed by atoms with E-state index in [2.05, 4.69) is 0 Å². The van der Waals surface area contributed by atoms with Gasteiger partial charge in [-0.25, -0.2) is 0 Å². The first kappa shape index (κ1) is 13.7. The van der Waals surface area contributed by atoms with Gasteiger partial charge in [-0.05, 0) is 0 Å². The summed E-state index contributed by atoms with van der Waals surface area (Å²) in [6.45, 7) is 0. The molecule has 0 saturated carbocycles. The van der Waals surface area contributed by atoms with E-state index in [0.717, 1.165) is 0 Å². The molecule has 0 N–H and O–H groups in total. The lowest BCUT2D eigenvalue weighted by Crippen LogP contribution is -1.47. The Hall–Kier alpha value is -2.34. The summed E-state index contributed by atoms with van der Waals surface area (Å²) in [6, 6.07) is 36.0. The summed E-state index contributed by atoms with van der Waals surface area (Å²) >= 11 is 0. The van der Waals surface area contributed by atoms with Crippen LogP contribution in [-0.4, -0.2) is 0 Å². The third-order valence-corrected chi connectivity index (χ3v) is 2.00. The highest BCUT2D eigenvalue weighted by Gasteiger charge is 1.59. The predicted octanol–water partition coefficient (Wildman–Crippen LogP) is 5.06. The lowest BCUT2D eigenvalue weighted by atomic mass is 10.4. The minimum absolute atomic E-state index is 2.00. The van der Waals surface area contributed by atoms with E-state index in [1.54, 1.807) is 0 Å². The predicted molar refractivity (Wildman–Crippen MR) is 79.3 cm³/mol. The lowest BCUT2D eigenvalue weighted by molar-refractivity contribution is 1.72. The van der Waals surface area contributed by atoms with Gasteiger partial charge in [-0.15, -0.1) is 0 Å². The molecule has 0 radical (unpaired) electrons. The third kappa shape index (κ3) is 8.93. The monoisotopic (exact) mass is 234 g/mol. The molecular formula is C18H18. The molecule has 0 saturated heterocycles. The van der Waals surface area contributed by atoms with Crippen molar-refractivity contribution in [1.82, 2.24) is 0 Å². The van der Waals surface area contributed by atoms with Gasteiger partial charge >= 0.3 is 0 Å². The van der Waals surface area contributed by atoms with E-state index in [9.17, 15) is 0 Å². The Labute approximate surface area is 110 Å². The minimum Gasteiger partial charge on any atom is -0.0623 e. The molecule has 0 spiro atoms. The highest BCUT2D eigenvalue weighted by Crippen LogP contribution is 1.81. The summed E-state index contributed by atoms with van der Waals surface area (Å²) in [5, 5.41) is 0. The molecule has 0 amide bonds. The van der Waals surface area contributed by atoms with Crippen LogP contribution in [0.5, 0.6) is 0 Å². The molecule has 0 heterocycles. The van der Waals surface area contributed by atoms with Gasteiger partial charge in [0.25, 0.3) is 0 Å². The van der Waals surface area contributed by atoms with Gasteiger partial charge in [0.05, 0.1) is 0 Å². The van der Waals surface area contributed by atoms with Gasteiger partial charge in [0.1, 0.15) is 0 Å². The van der Waals surface area contributed by atoms with E-state index >= 15 is 0 Å². The number of hydrogen-bond acceptors (Lipinski definition) is 0. The molecule has 0 heteroatoms. The molecule has 0 fully saturated rings. The van der Waals surface area contributed by atoms with Crippen LogP contribution in [0.1, 0.15) is 0 Å². The summed E-state index contributed by atoms with van der Waals surface area (Å²) in [4.78, 5) is 0. The van der Waals surface area contributed by atoms with Crippen LogP contribution >= 0.6 is 0 Å². The molecule has 18 heavy (non-hydrogen) atoms. The maximum absolute atomic E-state index is 2.00. The molecule has 0 aromatic heterocycles. The Kier molecular flexibility index (Phi) is 8.50. The first-order chi connectivity index (χ1) is 9.00. The van der Waals surface area contributed by atoms with Crippen molar-refractivity contribution in [3.63, 3.8) is 0 Å². The molecular weight excluding hydrogens is 216 g/mol. The Morgan fingerprint density at radius 1 is 0.111 bits per heavy atom. The SMILES string of the molecule is c1ccccc1.c1ccccc1.c1ccccc1. The molecule has 0 aliphatic heterocycles. The normalized spacial score (nSPS) is 8.00. The van der Waals surface area contributed by atoms with Crippen LogP contribution in [0.3, 0.4) is 0 Å². The Bertz CT molecular complexity index is 291. The molecule has 3 aromatic rings. The van der Waals surface area contributed by atoms with Gasteiger partial charge in [0, 0.05) is 0 Å². The average Bonchev–Trinajstić information content (AvgIpc) is 2.54. The fourth-order valence-electron chi connectivity index (χ4n) is 1.15. The standard InChI is InChI=1S/3C6H6/c3*1-2-4-6-5-3-1/h3*1-6H. The molecule has 0 bridgehead atoms. The van der Waals surface area contributed by atoms with E-state index in [1.807, 2.05) is 109 Å². The van der Waals surface area contributed by atoms with Crippen molar-refractivity contribution >= 4 is 0 Å². The van der Waals surface area contributed by atoms with Crippen molar-refractivity contribution in [2.75, 3.05) is 0 Å². The first-order valence-corrected chi connectivity index (χ1v) is 6.00. The lowest BCUT2D eigenvalue weighted by Gasteiger charge is -1.69. The molecule has 90 valence electrons. The second-order valence-corrected chi connectivity index (χ2v) is 3.46. The summed E-state index contributed by atoms with van der Waals surface area (Å²) in [6.07, 6.45) is 0. The zero-order valence-corrected chi connectivity index (χ0v) is 10.4. The molecule has 0 aliphatic rings. The van der Waals surface area contributed by atoms with Crippen molar-refractivity contribution in [2.24, 2.45) is 0 Å². The van der Waals surface area contributed by atoms with Gasteiger partial charge in [-0.1, -0.05) is 109 Å². The molecule has 3 aromatic carbocycles. The van der Waals surface area contributed by atoms with Crippen LogP contribution in [-0.2, 0) is 0 Å². The van der Waals surface area contributed by atoms with E-state index in [-0.39, 0.29) is 0 Å². The average molecular weight is 234 g/mol. The molecule has 0 nitrogen and oxygen atoms in total. The molecule has 0 aliphatic carbocycles. The highest BCUT2D eigenvalue weighted by molar-refractivity contribution is 5.00. The van der Waals surface area contributed by atoms with Gasteiger partial charge in [-0.2, -0.15) is 0 Å². The van der Waals surface area contributed by atoms with Gasteiger partial charge < -0.3 is 0 Å². The van der Waals surface area contributed by atoms with Crippen LogP contribution in [0.2, 0.25) is 0 Å². The number of hydrogen-bond donors (Lipinski definition) is 0. The number of benzene rings is 3. The minimum atomic E-state index is 2.00. The fourth-order valence-corrected chi connectivity index (χ4v) is 1.15. The van der Waals surface area contributed by atoms with Crippen LogP contribution in [0.25, 0.3) is 0 Å². The smallest absolute Gasteiger partial charge is 0.0623 e. The van der Waals surface area contributed by atoms with Crippen molar-refractivity contribution in [1.29, 1.82) is 0 Å². The Morgan fingerprint density at radius 2 is 0.167 bits per heavy atom. The summed E-state index contributed by atoms with van der Waals surface area (Å²) in [5.74, 6) is 0.